The second kappa shape index (κ2) is 6.53. The molecular weight excluding hydrogens is 248 g/mol. The van der Waals surface area contributed by atoms with E-state index in [1.54, 1.807) is 0 Å². The van der Waals surface area contributed by atoms with Gasteiger partial charge in [0, 0.05) is 0 Å². The Kier molecular flexibility index (Phi) is 5.61. The first kappa shape index (κ1) is 15.5. The zero-order valence-corrected chi connectivity index (χ0v) is 12.2. The molecule has 0 spiro atoms. The van der Waals surface area contributed by atoms with Crippen molar-refractivity contribution in [3.63, 3.8) is 0 Å². The van der Waals surface area contributed by atoms with Crippen LogP contribution < -0.4 is 4.72 Å². The molecule has 1 fully saturated rings. The van der Waals surface area contributed by atoms with Crippen molar-refractivity contribution in [2.75, 3.05) is 5.75 Å². The molecule has 0 aromatic carbocycles. The molecule has 0 saturated heterocycles. The fourth-order valence-corrected chi connectivity index (χ4v) is 4.04. The summed E-state index contributed by atoms with van der Waals surface area (Å²) in [4.78, 5) is 0. The molecule has 0 atom stereocenters. The lowest BCUT2D eigenvalue weighted by molar-refractivity contribution is 0.420. The monoisotopic (exact) mass is 272 g/mol. The van der Waals surface area contributed by atoms with Crippen LogP contribution in [0.5, 0.6) is 0 Å². The van der Waals surface area contributed by atoms with Crippen molar-refractivity contribution in [1.29, 1.82) is 5.26 Å². The molecule has 4 nitrogen and oxygen atoms in total. The Labute approximate surface area is 111 Å². The summed E-state index contributed by atoms with van der Waals surface area (Å²) >= 11 is 0. The Balaban J connectivity index is 2.69. The summed E-state index contributed by atoms with van der Waals surface area (Å²) in [5.41, 5.74) is -0.855. The third kappa shape index (κ3) is 4.95. The fourth-order valence-electron chi connectivity index (χ4n) is 2.31. The number of hydrogen-bond acceptors (Lipinski definition) is 3. The van der Waals surface area contributed by atoms with Crippen LogP contribution in [0.25, 0.3) is 0 Å². The topological polar surface area (TPSA) is 70.0 Å². The van der Waals surface area contributed by atoms with Gasteiger partial charge in [0.1, 0.15) is 5.54 Å². The van der Waals surface area contributed by atoms with Gasteiger partial charge in [0.05, 0.1) is 11.8 Å². The number of nitrogens with one attached hydrogen (secondary N) is 1. The van der Waals surface area contributed by atoms with Crippen molar-refractivity contribution < 1.29 is 8.42 Å². The predicted molar refractivity (Wildman–Crippen MR) is 72.4 cm³/mol. The summed E-state index contributed by atoms with van der Waals surface area (Å²) in [5.74, 6) is 0.474. The number of nitrogens with zero attached hydrogens (tertiary/aromatic N) is 1. The summed E-state index contributed by atoms with van der Waals surface area (Å²) in [6, 6.07) is 2.21. The molecule has 0 heterocycles. The van der Waals surface area contributed by atoms with Crippen molar-refractivity contribution in [3.05, 3.63) is 0 Å². The van der Waals surface area contributed by atoms with Crippen LogP contribution in [0.4, 0.5) is 0 Å². The van der Waals surface area contributed by atoms with Crippen molar-refractivity contribution in [2.24, 2.45) is 5.92 Å². The normalized spacial score (nSPS) is 20.3. The van der Waals surface area contributed by atoms with E-state index in [-0.39, 0.29) is 5.75 Å². The lowest BCUT2D eigenvalue weighted by Crippen LogP contribution is -2.47. The van der Waals surface area contributed by atoms with E-state index < -0.39 is 15.6 Å². The van der Waals surface area contributed by atoms with E-state index in [1.807, 2.05) is 13.8 Å². The average Bonchev–Trinajstić information content (AvgIpc) is 2.52. The molecule has 1 aliphatic carbocycles. The van der Waals surface area contributed by atoms with Gasteiger partial charge in [0.2, 0.25) is 10.0 Å². The van der Waals surface area contributed by atoms with Crippen LogP contribution in [-0.4, -0.2) is 19.7 Å². The van der Waals surface area contributed by atoms with Gasteiger partial charge < -0.3 is 0 Å². The van der Waals surface area contributed by atoms with Crippen LogP contribution in [0.1, 0.15) is 58.8 Å². The van der Waals surface area contributed by atoms with Crippen molar-refractivity contribution >= 4 is 10.0 Å². The van der Waals surface area contributed by atoms with Crippen LogP contribution >= 0.6 is 0 Å². The van der Waals surface area contributed by atoms with Gasteiger partial charge in [-0.1, -0.05) is 39.5 Å². The molecule has 5 heteroatoms. The molecule has 104 valence electrons. The third-order valence-electron chi connectivity index (χ3n) is 3.49. The van der Waals surface area contributed by atoms with Crippen molar-refractivity contribution in [3.8, 4) is 6.07 Å². The second-order valence-electron chi connectivity index (χ2n) is 5.71. The molecule has 0 aromatic rings. The molecule has 0 aliphatic heterocycles. The standard InChI is InChI=1S/C13H24N2O2S/c1-12(2)7-10-18(16,17)15-13(11-14)8-5-3-4-6-9-13/h12,15H,3-10H2,1-2H3. The van der Waals surface area contributed by atoms with Crippen LogP contribution in [0, 0.1) is 17.2 Å². The van der Waals surface area contributed by atoms with E-state index in [0.717, 1.165) is 25.7 Å². The molecule has 0 unspecified atom stereocenters. The Morgan fingerprint density at radius 3 is 2.22 bits per heavy atom. The largest absolute Gasteiger partial charge is 0.212 e. The van der Waals surface area contributed by atoms with Gasteiger partial charge in [-0.3, -0.25) is 0 Å². The number of sulfonamides is 1. The van der Waals surface area contributed by atoms with Crippen LogP contribution in [0.2, 0.25) is 0 Å². The Morgan fingerprint density at radius 1 is 1.22 bits per heavy atom. The van der Waals surface area contributed by atoms with Gasteiger partial charge in [-0.25, -0.2) is 8.42 Å². The molecule has 1 aliphatic rings. The summed E-state index contributed by atoms with van der Waals surface area (Å²) in [6.45, 7) is 4.00. The van der Waals surface area contributed by atoms with Gasteiger partial charge in [0.15, 0.2) is 0 Å². The molecule has 0 bridgehead atoms. The van der Waals surface area contributed by atoms with E-state index in [4.69, 9.17) is 0 Å². The molecule has 0 radical (unpaired) electrons. The zero-order valence-electron chi connectivity index (χ0n) is 11.4. The van der Waals surface area contributed by atoms with Gasteiger partial charge in [-0.05, 0) is 25.2 Å². The van der Waals surface area contributed by atoms with Gasteiger partial charge in [-0.2, -0.15) is 9.98 Å². The Bertz CT molecular complexity index is 388. The van der Waals surface area contributed by atoms with Crippen molar-refractivity contribution in [1.82, 2.24) is 4.72 Å². The maximum Gasteiger partial charge on any atom is 0.212 e. The smallest absolute Gasteiger partial charge is 0.212 e. The minimum atomic E-state index is -3.34. The second-order valence-corrected chi connectivity index (χ2v) is 7.55. The quantitative estimate of drug-likeness (QED) is 0.782. The van der Waals surface area contributed by atoms with Gasteiger partial charge >= 0.3 is 0 Å². The molecule has 1 saturated carbocycles. The minimum Gasteiger partial charge on any atom is -0.212 e. The van der Waals surface area contributed by atoms with E-state index in [0.29, 0.717) is 25.2 Å². The number of hydrogen-bond donors (Lipinski definition) is 1. The molecule has 1 N–H and O–H groups in total. The molecule has 0 aromatic heterocycles. The Morgan fingerprint density at radius 2 is 1.78 bits per heavy atom. The zero-order chi connectivity index (χ0) is 13.6. The van der Waals surface area contributed by atoms with E-state index in [2.05, 4.69) is 10.8 Å². The Hall–Kier alpha value is -0.600. The average molecular weight is 272 g/mol. The SMILES string of the molecule is CC(C)CCS(=O)(=O)NC1(C#N)CCCCCC1. The highest BCUT2D eigenvalue weighted by molar-refractivity contribution is 7.89. The highest BCUT2D eigenvalue weighted by atomic mass is 32.2. The molecule has 0 amide bonds. The summed E-state index contributed by atoms with van der Waals surface area (Å²) in [5, 5.41) is 9.33. The van der Waals surface area contributed by atoms with Gasteiger partial charge in [-0.15, -0.1) is 0 Å². The third-order valence-corrected chi connectivity index (χ3v) is 4.96. The van der Waals surface area contributed by atoms with Crippen LogP contribution in [0.3, 0.4) is 0 Å². The molecular formula is C13H24N2O2S. The summed E-state index contributed by atoms with van der Waals surface area (Å²) in [7, 11) is -3.34. The lowest BCUT2D eigenvalue weighted by Gasteiger charge is -2.26. The first-order chi connectivity index (χ1) is 8.39. The van der Waals surface area contributed by atoms with Crippen LogP contribution in [0.15, 0.2) is 0 Å². The summed E-state index contributed by atoms with van der Waals surface area (Å²) in [6.07, 6.45) is 5.97. The number of rotatable bonds is 5. The molecule has 1 rings (SSSR count). The summed E-state index contributed by atoms with van der Waals surface area (Å²) < 4.78 is 26.7. The predicted octanol–water partition coefficient (Wildman–Crippen LogP) is 2.57. The van der Waals surface area contributed by atoms with Gasteiger partial charge in [0.25, 0.3) is 0 Å². The number of nitriles is 1. The highest BCUT2D eigenvalue weighted by Gasteiger charge is 2.34. The fraction of sp³-hybridized carbons (Fsp3) is 0.923. The van der Waals surface area contributed by atoms with Crippen molar-refractivity contribution in [2.45, 2.75) is 64.3 Å². The molecule has 18 heavy (non-hydrogen) atoms. The van der Waals surface area contributed by atoms with E-state index in [1.165, 1.54) is 0 Å². The highest BCUT2D eigenvalue weighted by Crippen LogP contribution is 2.27. The first-order valence-electron chi connectivity index (χ1n) is 6.82. The minimum absolute atomic E-state index is 0.119. The van der Waals surface area contributed by atoms with E-state index >= 15 is 0 Å². The lowest BCUT2D eigenvalue weighted by atomic mass is 9.94. The van der Waals surface area contributed by atoms with E-state index in [9.17, 15) is 13.7 Å². The maximum absolute atomic E-state index is 12.0. The first-order valence-corrected chi connectivity index (χ1v) is 8.47. The van der Waals surface area contributed by atoms with Crippen LogP contribution in [-0.2, 0) is 10.0 Å². The maximum atomic E-state index is 12.0.